The molecule has 2 rings (SSSR count). The van der Waals surface area contributed by atoms with Crippen molar-refractivity contribution in [1.82, 2.24) is 13.9 Å². The van der Waals surface area contributed by atoms with Crippen LogP contribution < -0.4 is 0 Å². The van der Waals surface area contributed by atoms with Crippen LogP contribution in [0.1, 0.15) is 5.69 Å². The number of aromatic nitrogens is 3. The number of hydrogen-bond acceptors (Lipinski definition) is 3. The summed E-state index contributed by atoms with van der Waals surface area (Å²) >= 11 is 1.64. The molecule has 3 nitrogen and oxygen atoms in total. The molecule has 62 valence electrons. The van der Waals surface area contributed by atoms with Crippen LogP contribution in [0.15, 0.2) is 18.6 Å². The molecule has 0 saturated carbocycles. The van der Waals surface area contributed by atoms with Crippen molar-refractivity contribution in [1.29, 1.82) is 0 Å². The first-order valence-corrected chi connectivity index (χ1v) is 4.84. The Morgan fingerprint density at radius 1 is 1.42 bits per heavy atom. The van der Waals surface area contributed by atoms with Gasteiger partial charge in [-0.3, -0.25) is 3.97 Å². The molecule has 0 atom stereocenters. The molecule has 2 heterocycles. The first-order chi connectivity index (χ1) is 5.83. The van der Waals surface area contributed by atoms with Gasteiger partial charge in [-0.05, 0) is 24.9 Å². The number of fused-ring (bicyclic) bond motifs is 1. The second-order valence-electron chi connectivity index (χ2n) is 2.52. The van der Waals surface area contributed by atoms with Crippen LogP contribution in [0.25, 0.3) is 11.0 Å². The standard InChI is InChI=1S/C8H9N3S/c1-6-7-3-4-11(12-2)8(7)10-5-9-6/h3-5H,1-2H3. The fourth-order valence-electron chi connectivity index (χ4n) is 1.20. The van der Waals surface area contributed by atoms with Gasteiger partial charge in [0.2, 0.25) is 0 Å². The highest BCUT2D eigenvalue weighted by atomic mass is 32.2. The van der Waals surface area contributed by atoms with E-state index in [2.05, 4.69) is 9.97 Å². The summed E-state index contributed by atoms with van der Waals surface area (Å²) < 4.78 is 2.03. The number of nitrogens with zero attached hydrogens (tertiary/aromatic N) is 3. The van der Waals surface area contributed by atoms with Crippen molar-refractivity contribution in [2.45, 2.75) is 6.92 Å². The van der Waals surface area contributed by atoms with Gasteiger partial charge in [0.1, 0.15) is 6.33 Å². The summed E-state index contributed by atoms with van der Waals surface area (Å²) in [5.41, 5.74) is 2.03. The second kappa shape index (κ2) is 2.79. The molecule has 0 saturated heterocycles. The number of aryl methyl sites for hydroxylation is 1. The zero-order valence-corrected chi connectivity index (χ0v) is 7.80. The highest BCUT2D eigenvalue weighted by molar-refractivity contribution is 7.97. The van der Waals surface area contributed by atoms with Crippen LogP contribution in [0.5, 0.6) is 0 Å². The third kappa shape index (κ3) is 0.992. The van der Waals surface area contributed by atoms with Crippen molar-refractivity contribution in [2.75, 3.05) is 6.26 Å². The highest BCUT2D eigenvalue weighted by Crippen LogP contribution is 2.18. The van der Waals surface area contributed by atoms with Gasteiger partial charge in [0.25, 0.3) is 0 Å². The fourth-order valence-corrected chi connectivity index (χ4v) is 1.70. The van der Waals surface area contributed by atoms with Gasteiger partial charge in [0, 0.05) is 17.8 Å². The summed E-state index contributed by atoms with van der Waals surface area (Å²) in [6.45, 7) is 1.99. The van der Waals surface area contributed by atoms with Crippen molar-refractivity contribution in [3.63, 3.8) is 0 Å². The average Bonchev–Trinajstić information content (AvgIpc) is 2.49. The topological polar surface area (TPSA) is 30.7 Å². The van der Waals surface area contributed by atoms with E-state index < -0.39 is 0 Å². The lowest BCUT2D eigenvalue weighted by Gasteiger charge is -1.97. The van der Waals surface area contributed by atoms with E-state index in [1.807, 2.05) is 29.4 Å². The lowest BCUT2D eigenvalue weighted by Crippen LogP contribution is -1.88. The maximum absolute atomic E-state index is 4.20. The summed E-state index contributed by atoms with van der Waals surface area (Å²) in [7, 11) is 0. The predicted molar refractivity (Wildman–Crippen MR) is 51.2 cm³/mol. The molecule has 0 radical (unpaired) electrons. The van der Waals surface area contributed by atoms with Gasteiger partial charge in [-0.1, -0.05) is 0 Å². The summed E-state index contributed by atoms with van der Waals surface area (Å²) in [4.78, 5) is 8.33. The minimum Gasteiger partial charge on any atom is -0.275 e. The molecule has 0 unspecified atom stereocenters. The number of rotatable bonds is 1. The van der Waals surface area contributed by atoms with Gasteiger partial charge in [0.05, 0.1) is 5.69 Å². The van der Waals surface area contributed by atoms with Crippen LogP contribution in [-0.2, 0) is 0 Å². The Morgan fingerprint density at radius 2 is 2.25 bits per heavy atom. The minimum absolute atomic E-state index is 0.995. The average molecular weight is 179 g/mol. The molecule has 0 aromatic carbocycles. The maximum Gasteiger partial charge on any atom is 0.153 e. The Bertz CT molecular complexity index is 408. The van der Waals surface area contributed by atoms with Gasteiger partial charge in [-0.2, -0.15) is 0 Å². The zero-order valence-electron chi connectivity index (χ0n) is 6.98. The molecular weight excluding hydrogens is 170 g/mol. The fraction of sp³-hybridized carbons (Fsp3) is 0.250. The molecular formula is C8H9N3S. The minimum atomic E-state index is 0.995. The first-order valence-electron chi connectivity index (χ1n) is 3.66. The van der Waals surface area contributed by atoms with E-state index in [1.54, 1.807) is 18.3 Å². The van der Waals surface area contributed by atoms with Crippen LogP contribution in [0, 0.1) is 6.92 Å². The van der Waals surface area contributed by atoms with Crippen LogP contribution in [-0.4, -0.2) is 20.2 Å². The van der Waals surface area contributed by atoms with Crippen molar-refractivity contribution in [3.05, 3.63) is 24.3 Å². The van der Waals surface area contributed by atoms with Crippen molar-refractivity contribution < 1.29 is 0 Å². The Hall–Kier alpha value is -1.03. The van der Waals surface area contributed by atoms with Crippen LogP contribution in [0.3, 0.4) is 0 Å². The van der Waals surface area contributed by atoms with Gasteiger partial charge in [-0.15, -0.1) is 0 Å². The van der Waals surface area contributed by atoms with E-state index in [1.165, 1.54) is 0 Å². The summed E-state index contributed by atoms with van der Waals surface area (Å²) in [6, 6.07) is 2.04. The van der Waals surface area contributed by atoms with Crippen LogP contribution in [0.4, 0.5) is 0 Å². The largest absolute Gasteiger partial charge is 0.275 e. The predicted octanol–water partition coefficient (Wildman–Crippen LogP) is 1.87. The van der Waals surface area contributed by atoms with Crippen molar-refractivity contribution >= 4 is 23.0 Å². The molecule has 12 heavy (non-hydrogen) atoms. The third-order valence-corrected chi connectivity index (χ3v) is 2.53. The van der Waals surface area contributed by atoms with E-state index in [0.29, 0.717) is 0 Å². The monoisotopic (exact) mass is 179 g/mol. The van der Waals surface area contributed by atoms with Crippen molar-refractivity contribution in [2.24, 2.45) is 0 Å². The molecule has 0 aliphatic carbocycles. The molecule has 4 heteroatoms. The van der Waals surface area contributed by atoms with Gasteiger partial charge < -0.3 is 0 Å². The zero-order chi connectivity index (χ0) is 8.55. The van der Waals surface area contributed by atoms with Gasteiger partial charge >= 0.3 is 0 Å². The maximum atomic E-state index is 4.20. The van der Waals surface area contributed by atoms with Crippen LogP contribution >= 0.6 is 11.9 Å². The summed E-state index contributed by atoms with van der Waals surface area (Å²) in [5.74, 6) is 0. The Balaban J connectivity index is 2.80. The summed E-state index contributed by atoms with van der Waals surface area (Å²) in [6.07, 6.45) is 5.64. The highest BCUT2D eigenvalue weighted by Gasteiger charge is 2.03. The molecule has 0 amide bonds. The van der Waals surface area contributed by atoms with E-state index in [4.69, 9.17) is 0 Å². The van der Waals surface area contributed by atoms with E-state index in [9.17, 15) is 0 Å². The lowest BCUT2D eigenvalue weighted by atomic mass is 10.3. The molecule has 0 aliphatic rings. The quantitative estimate of drug-likeness (QED) is 0.669. The molecule has 0 N–H and O–H groups in total. The SMILES string of the molecule is CSn1ccc2c(C)ncnc21. The van der Waals surface area contributed by atoms with E-state index in [-0.39, 0.29) is 0 Å². The second-order valence-corrected chi connectivity index (χ2v) is 3.28. The van der Waals surface area contributed by atoms with E-state index in [0.717, 1.165) is 16.7 Å². The molecule has 2 aromatic heterocycles. The first kappa shape index (κ1) is 7.61. The molecule has 2 aromatic rings. The molecule has 0 spiro atoms. The Morgan fingerprint density at radius 3 is 3.00 bits per heavy atom. The Labute approximate surface area is 75.0 Å². The summed E-state index contributed by atoms with van der Waals surface area (Å²) in [5, 5.41) is 1.13. The molecule has 0 fully saturated rings. The lowest BCUT2D eigenvalue weighted by molar-refractivity contribution is 1.13. The molecule has 0 aliphatic heterocycles. The number of hydrogen-bond donors (Lipinski definition) is 0. The third-order valence-electron chi connectivity index (χ3n) is 1.84. The van der Waals surface area contributed by atoms with Gasteiger partial charge in [-0.25, -0.2) is 9.97 Å². The van der Waals surface area contributed by atoms with Gasteiger partial charge in [0.15, 0.2) is 5.65 Å². The van der Waals surface area contributed by atoms with Crippen molar-refractivity contribution in [3.8, 4) is 0 Å². The van der Waals surface area contributed by atoms with E-state index >= 15 is 0 Å². The smallest absolute Gasteiger partial charge is 0.153 e. The molecule has 0 bridgehead atoms. The Kier molecular flexibility index (Phi) is 1.77. The van der Waals surface area contributed by atoms with Crippen LogP contribution in [0.2, 0.25) is 0 Å². The normalized spacial score (nSPS) is 10.8.